The third kappa shape index (κ3) is 6.83. The second-order valence-corrected chi connectivity index (χ2v) is 23.1. The van der Waals surface area contributed by atoms with Crippen LogP contribution in [0.3, 0.4) is 0 Å². The zero-order valence-corrected chi connectivity index (χ0v) is 44.4. The molecule has 0 aromatic heterocycles. The average Bonchev–Trinajstić information content (AvgIpc) is 0.674. The van der Waals surface area contributed by atoms with Crippen LogP contribution in [0.4, 0.5) is 51.2 Å². The molecule has 3 nitrogen and oxygen atoms in total. The van der Waals surface area contributed by atoms with Gasteiger partial charge in [-0.3, -0.25) is 0 Å². The van der Waals surface area contributed by atoms with Gasteiger partial charge in [-0.25, -0.2) is 0 Å². The van der Waals surface area contributed by atoms with Crippen LogP contribution in [0, 0.1) is 0 Å². The number of anilines is 9. The molecule has 0 N–H and O–H groups in total. The summed E-state index contributed by atoms with van der Waals surface area (Å²) in [6.07, 6.45) is 0. The summed E-state index contributed by atoms with van der Waals surface area (Å²) in [6.45, 7) is 8.91. The van der Waals surface area contributed by atoms with E-state index in [1.807, 2.05) is 113 Å². The van der Waals surface area contributed by atoms with Crippen molar-refractivity contribution in [3.8, 4) is 0 Å². The summed E-state index contributed by atoms with van der Waals surface area (Å²) in [7, 11) is 0. The first kappa shape index (κ1) is 29.2. The van der Waals surface area contributed by atoms with E-state index >= 15 is 0 Å². The molecule has 0 saturated heterocycles. The molecule has 4 aliphatic heterocycles. The van der Waals surface area contributed by atoms with Crippen molar-refractivity contribution in [2.24, 2.45) is 0 Å². The van der Waals surface area contributed by atoms with E-state index in [9.17, 15) is 21.9 Å². The van der Waals surface area contributed by atoms with Crippen LogP contribution in [0.1, 0.15) is 107 Å². The van der Waals surface area contributed by atoms with E-state index in [4.69, 9.17) is 9.60 Å². The highest BCUT2D eigenvalue weighted by Crippen LogP contribution is 2.51. The number of nitrogens with zero attached hydrogens (tertiary/aromatic N) is 3. The Hall–Kier alpha value is -9.05. The van der Waals surface area contributed by atoms with Gasteiger partial charge in [0.2, 0.25) is 6.71 Å². The molecule has 16 rings (SSSR count). The Bertz CT molecular complexity index is 5850. The van der Waals surface area contributed by atoms with Crippen LogP contribution in [-0.2, 0) is 10.8 Å². The number of para-hydroxylation sites is 3. The molecule has 0 aliphatic carbocycles. The second kappa shape index (κ2) is 17.2. The van der Waals surface area contributed by atoms with E-state index in [1.54, 1.807) is 35.2 Å². The minimum atomic E-state index is -1.57. The maximum atomic E-state index is 10.3. The summed E-state index contributed by atoms with van der Waals surface area (Å²) in [5.74, 6) is -1.57. The molecule has 1 unspecified atom stereocenters. The van der Waals surface area contributed by atoms with Gasteiger partial charge in [0.1, 0.15) is 0 Å². The fourth-order valence-corrected chi connectivity index (χ4v) is 13.1. The normalized spacial score (nSPS) is 18.9. The summed E-state index contributed by atoms with van der Waals surface area (Å²) in [5.41, 5.74) is 0.796. The molecule has 12 aromatic carbocycles. The molecule has 0 spiro atoms. The molecule has 0 bridgehead atoms. The van der Waals surface area contributed by atoms with Crippen molar-refractivity contribution >= 4 is 130 Å². The lowest BCUT2D eigenvalue weighted by molar-refractivity contribution is 0.589. The van der Waals surface area contributed by atoms with Gasteiger partial charge >= 0.3 is 0 Å². The van der Waals surface area contributed by atoms with Gasteiger partial charge in [0.15, 0.2) is 0 Å². The number of hydrogen-bond donors (Lipinski definition) is 0. The van der Waals surface area contributed by atoms with E-state index in [-0.39, 0.29) is 67.0 Å². The van der Waals surface area contributed by atoms with Crippen LogP contribution in [0.15, 0.2) is 242 Å². The molecule has 1 atom stereocenters. The predicted octanol–water partition coefficient (Wildman–Crippen LogP) is 15.6. The SMILES string of the molecule is [2H]c1c([2H])c([2H])c(C2c3cc(C(C)(C)C)cc4c3B(c3cc5c(cc3N4c3c([2H])c([2H])c([2H])c([2H])c3[2H])N(c3ccc4c6ccccc6c6ccccc6c4c3)c3cc(C(C)(C)C)cc4c3B5c3c([2H])c([2H])c([2H])c([2H])c3N4c3c([2H])c([2H])c([2H])c([2H])c3[2H])c3c([2H])c([2H])c([2H])c([2H])c32)c([2H])c1[2H]. The van der Waals surface area contributed by atoms with Crippen molar-refractivity contribution in [2.45, 2.75) is 58.3 Å². The zero-order chi connectivity index (χ0) is 73.8. The van der Waals surface area contributed by atoms with Gasteiger partial charge < -0.3 is 14.7 Å². The molecule has 0 fully saturated rings. The van der Waals surface area contributed by atoms with Gasteiger partial charge in [-0.2, -0.15) is 0 Å². The van der Waals surface area contributed by atoms with Crippen LogP contribution < -0.4 is 47.5 Å². The largest absolute Gasteiger partial charge is 0.311 e. The molecule has 0 saturated carbocycles. The predicted molar refractivity (Wildman–Crippen MR) is 344 cm³/mol. The van der Waals surface area contributed by atoms with E-state index in [1.165, 1.54) is 4.90 Å². The zero-order valence-electron chi connectivity index (χ0n) is 67.4. The Morgan fingerprint density at radius 2 is 0.787 bits per heavy atom. The van der Waals surface area contributed by atoms with Crippen molar-refractivity contribution in [3.63, 3.8) is 0 Å². The van der Waals surface area contributed by atoms with Gasteiger partial charge in [0.05, 0.1) is 31.5 Å². The van der Waals surface area contributed by atoms with Gasteiger partial charge in [-0.15, -0.1) is 0 Å². The summed E-state index contributed by atoms with van der Waals surface area (Å²) in [5, 5.41) is 5.48. The monoisotopic (exact) mass is 1050 g/mol. The van der Waals surface area contributed by atoms with Crippen molar-refractivity contribution in [1.29, 1.82) is 0 Å². The van der Waals surface area contributed by atoms with Crippen molar-refractivity contribution < 1.29 is 31.5 Å². The Morgan fingerprint density at radius 3 is 1.38 bits per heavy atom. The van der Waals surface area contributed by atoms with Gasteiger partial charge in [0, 0.05) is 57.1 Å². The maximum absolute atomic E-state index is 10.3. The highest BCUT2D eigenvalue weighted by atomic mass is 15.2. The summed E-state index contributed by atoms with van der Waals surface area (Å²) in [6, 6.07) is 17.4. The molecule has 5 heteroatoms. The van der Waals surface area contributed by atoms with Crippen LogP contribution in [0.5, 0.6) is 0 Å². The molecule has 380 valence electrons. The molecule has 80 heavy (non-hydrogen) atoms. The highest BCUT2D eigenvalue weighted by molar-refractivity contribution is 7.02. The minimum Gasteiger partial charge on any atom is -0.311 e. The third-order valence-corrected chi connectivity index (χ3v) is 16.7. The third-order valence-electron chi connectivity index (χ3n) is 16.7. The van der Waals surface area contributed by atoms with Crippen LogP contribution in [-0.4, -0.2) is 13.4 Å². The number of benzene rings is 12. The van der Waals surface area contributed by atoms with Crippen LogP contribution in [0.2, 0.25) is 0 Å². The second-order valence-electron chi connectivity index (χ2n) is 23.1. The van der Waals surface area contributed by atoms with Crippen molar-refractivity contribution in [1.82, 2.24) is 0 Å². The quantitative estimate of drug-likeness (QED) is 0.128. The number of fused-ring (bicyclic) bond motifs is 14. The first-order chi connectivity index (χ1) is 48.5. The molecular weight excluding hydrogens is 964 g/mol. The fraction of sp³-hybridized carbons (Fsp3) is 0.120. The molecule has 0 amide bonds. The van der Waals surface area contributed by atoms with E-state index in [0.29, 0.717) is 39.1 Å². The lowest BCUT2D eigenvalue weighted by Crippen LogP contribution is -2.65. The van der Waals surface area contributed by atoms with Crippen LogP contribution >= 0.6 is 0 Å². The molecule has 12 aromatic rings. The Balaban J connectivity index is 1.15. The fourth-order valence-electron chi connectivity index (χ4n) is 13.1. The minimum absolute atomic E-state index is 0.0856. The van der Waals surface area contributed by atoms with Crippen molar-refractivity contribution in [2.75, 3.05) is 14.7 Å². The van der Waals surface area contributed by atoms with E-state index in [0.717, 1.165) is 32.3 Å². The Morgan fingerprint density at radius 1 is 0.338 bits per heavy atom. The van der Waals surface area contributed by atoms with Crippen molar-refractivity contribution in [3.05, 3.63) is 270 Å². The van der Waals surface area contributed by atoms with Gasteiger partial charge in [0.25, 0.3) is 6.71 Å². The Labute approximate surface area is 502 Å². The Kier molecular flexibility index (Phi) is 6.30. The maximum Gasteiger partial charge on any atom is 0.252 e. The molecule has 4 heterocycles. The van der Waals surface area contributed by atoms with E-state index in [2.05, 4.69) is 6.07 Å². The average molecular weight is 1050 g/mol. The van der Waals surface area contributed by atoms with E-state index < -0.39 is 175 Å². The highest BCUT2D eigenvalue weighted by Gasteiger charge is 2.49. The molecule has 4 aliphatic rings. The molecule has 0 radical (unpaired) electrons. The standard InChI is InChI=1S/C75H59B2N3/c1-74(2,3)48-40-60-71(47-24-10-7-11-25-47)58-34-20-21-35-61(58)76-63-45-64-67(46-66(63)79(68(41-48)72(60)76)51-28-14-9-15-29-51)80(52-38-39-57-55-32-17-16-30-53(55)54-31-18-19-33-56(54)59(57)44-52)70-43-49(75(4,5)6)42-69-73(70)77(64)62-36-22-23-37-65(62)78(69)50-26-12-8-13-27-50/h7-46,71H,1-6H3/i7D,8D,9D,10D,11D,12D,13D,14D,15D,20D,21D,22D,23D,24D,25D,26D,27D,28D,29D,34D,35D,36D,37D. The molecular formula is C75H59B2N3. The van der Waals surface area contributed by atoms with Crippen LogP contribution in [0.25, 0.3) is 32.3 Å². The number of rotatable bonds is 4. The lowest BCUT2D eigenvalue weighted by Gasteiger charge is -2.47. The van der Waals surface area contributed by atoms with Gasteiger partial charge in [-0.1, -0.05) is 222 Å². The van der Waals surface area contributed by atoms with Gasteiger partial charge in [-0.05, 0) is 165 Å². The smallest absolute Gasteiger partial charge is 0.252 e. The first-order valence-corrected chi connectivity index (χ1v) is 26.7. The number of hydrogen-bond acceptors (Lipinski definition) is 3. The summed E-state index contributed by atoms with van der Waals surface area (Å²) >= 11 is 0. The first-order valence-electron chi connectivity index (χ1n) is 38.2. The topological polar surface area (TPSA) is 9.72 Å². The summed E-state index contributed by atoms with van der Waals surface area (Å²) in [4.78, 5) is 4.87. The summed E-state index contributed by atoms with van der Waals surface area (Å²) < 4.78 is 219. The lowest BCUT2D eigenvalue weighted by atomic mass is 9.29.